The monoisotopic (exact) mass is 411 g/mol. The number of hydrogen-bond acceptors (Lipinski definition) is 5. The van der Waals surface area contributed by atoms with Crippen molar-refractivity contribution in [2.75, 3.05) is 0 Å². The lowest BCUT2D eigenvalue weighted by molar-refractivity contribution is -0.605. The molecule has 1 aliphatic heterocycles. The summed E-state index contributed by atoms with van der Waals surface area (Å²) in [7, 11) is 0. The van der Waals surface area contributed by atoms with Gasteiger partial charge < -0.3 is 0 Å². The normalized spacial score (nSPS) is 25.6. The number of aryl methyl sites for hydroxylation is 2. The van der Waals surface area contributed by atoms with Crippen molar-refractivity contribution in [1.29, 1.82) is 0 Å². The summed E-state index contributed by atoms with van der Waals surface area (Å²) in [6.45, 7) is 7.40. The molecule has 30 heavy (non-hydrogen) atoms. The van der Waals surface area contributed by atoms with Crippen LogP contribution in [0.5, 0.6) is 0 Å². The van der Waals surface area contributed by atoms with Crippen LogP contribution in [-0.2, 0) is 12.8 Å². The number of rotatable bonds is 6. The molecule has 0 spiro atoms. The summed E-state index contributed by atoms with van der Waals surface area (Å²) in [5.74, 6) is 0. The highest BCUT2D eigenvalue weighted by molar-refractivity contribution is 5.31. The number of nitrogens with zero attached hydrogens (tertiary/aromatic N) is 2. The smallest absolute Gasteiger partial charge is 0.243 e. The molecule has 1 heterocycles. The van der Waals surface area contributed by atoms with Gasteiger partial charge in [0.2, 0.25) is 12.1 Å². The third-order valence-electron chi connectivity index (χ3n) is 6.46. The van der Waals surface area contributed by atoms with Crippen LogP contribution >= 0.6 is 0 Å². The predicted molar refractivity (Wildman–Crippen MR) is 116 cm³/mol. The van der Waals surface area contributed by atoms with Gasteiger partial charge >= 0.3 is 0 Å². The molecule has 0 amide bonds. The Bertz CT molecular complexity index is 836. The van der Waals surface area contributed by atoms with Crippen LogP contribution in [-0.4, -0.2) is 21.9 Å². The lowest BCUT2D eigenvalue weighted by Gasteiger charge is -2.44. The van der Waals surface area contributed by atoms with Crippen LogP contribution in [0, 0.1) is 25.6 Å². The summed E-state index contributed by atoms with van der Waals surface area (Å²) in [5.41, 5.74) is 2.67. The first kappa shape index (κ1) is 21.9. The van der Waals surface area contributed by atoms with Crippen LogP contribution in [0.3, 0.4) is 0 Å². The quantitative estimate of drug-likeness (QED) is 0.557. The molecule has 7 nitrogen and oxygen atoms in total. The Kier molecular flexibility index (Phi) is 6.22. The van der Waals surface area contributed by atoms with E-state index in [0.717, 1.165) is 35.1 Å². The first-order valence-electron chi connectivity index (χ1n) is 10.4. The van der Waals surface area contributed by atoms with Crippen LogP contribution in [0.2, 0.25) is 0 Å². The molecule has 2 aromatic rings. The maximum absolute atomic E-state index is 12.1. The van der Waals surface area contributed by atoms with E-state index in [-0.39, 0.29) is 9.85 Å². The number of benzene rings is 2. The van der Waals surface area contributed by atoms with Gasteiger partial charge in [-0.25, -0.2) is 0 Å². The van der Waals surface area contributed by atoms with Crippen molar-refractivity contribution in [3.8, 4) is 0 Å². The van der Waals surface area contributed by atoms with E-state index >= 15 is 0 Å². The highest BCUT2D eigenvalue weighted by Gasteiger charge is 2.62. The van der Waals surface area contributed by atoms with Gasteiger partial charge in [0.15, 0.2) is 0 Å². The van der Waals surface area contributed by atoms with E-state index in [1.54, 1.807) is 13.8 Å². The van der Waals surface area contributed by atoms with Gasteiger partial charge in [0.05, 0.1) is 0 Å². The highest BCUT2D eigenvalue weighted by Crippen LogP contribution is 2.46. The minimum absolute atomic E-state index is 0.363. The maximum atomic E-state index is 12.1. The first-order valence-corrected chi connectivity index (χ1v) is 10.4. The molecule has 0 saturated carbocycles. The van der Waals surface area contributed by atoms with Crippen molar-refractivity contribution < 1.29 is 9.85 Å². The Labute approximate surface area is 176 Å². The van der Waals surface area contributed by atoms with Crippen molar-refractivity contribution in [3.05, 3.63) is 91.0 Å². The van der Waals surface area contributed by atoms with Crippen LogP contribution < -0.4 is 5.32 Å². The van der Waals surface area contributed by atoms with E-state index in [9.17, 15) is 20.2 Å². The van der Waals surface area contributed by atoms with Crippen molar-refractivity contribution in [1.82, 2.24) is 5.32 Å². The highest BCUT2D eigenvalue weighted by atomic mass is 16.6. The number of hydrogen-bond donors (Lipinski definition) is 1. The molecular weight excluding hydrogens is 382 g/mol. The lowest BCUT2D eigenvalue weighted by atomic mass is 9.66. The Morgan fingerprint density at radius 1 is 0.767 bits per heavy atom. The number of nitrogens with one attached hydrogen (secondary N) is 1. The third kappa shape index (κ3) is 3.94. The van der Waals surface area contributed by atoms with E-state index in [2.05, 4.69) is 19.2 Å². The Morgan fingerprint density at radius 3 is 1.37 bits per heavy atom. The molecule has 0 bridgehead atoms. The second-order valence-corrected chi connectivity index (χ2v) is 8.59. The molecule has 7 heteroatoms. The third-order valence-corrected chi connectivity index (χ3v) is 6.46. The summed E-state index contributed by atoms with van der Waals surface area (Å²) < 4.78 is 0. The summed E-state index contributed by atoms with van der Waals surface area (Å²) >= 11 is 0. The summed E-state index contributed by atoms with van der Waals surface area (Å²) in [6, 6.07) is 11.9. The zero-order valence-corrected chi connectivity index (χ0v) is 17.9. The van der Waals surface area contributed by atoms with Crippen LogP contribution in [0.15, 0.2) is 48.5 Å². The molecule has 3 rings (SSSR count). The van der Waals surface area contributed by atoms with Gasteiger partial charge in [0.1, 0.15) is 17.5 Å². The van der Waals surface area contributed by atoms with Crippen molar-refractivity contribution in [2.24, 2.45) is 5.41 Å². The van der Waals surface area contributed by atoms with Crippen molar-refractivity contribution >= 4 is 0 Å². The molecule has 0 aromatic heterocycles. The molecule has 1 N–H and O–H groups in total. The SMILES string of the molecule is CCc1ccc([C@@H]2N[C@@H](c3ccc(CC)cc3)[C@@H]([N+](=O)[O-])C(C)(C)[C@H]2[N+](=O)[O-])cc1. The fourth-order valence-corrected chi connectivity index (χ4v) is 4.67. The van der Waals surface area contributed by atoms with Gasteiger partial charge in [-0.15, -0.1) is 0 Å². The molecule has 0 unspecified atom stereocenters. The number of piperidine rings is 1. The van der Waals surface area contributed by atoms with Crippen LogP contribution in [0.25, 0.3) is 0 Å². The Hall–Kier alpha value is -2.80. The fraction of sp³-hybridized carbons (Fsp3) is 0.478. The molecule has 1 saturated heterocycles. The number of nitro groups is 2. The van der Waals surface area contributed by atoms with Gasteiger partial charge in [-0.3, -0.25) is 25.5 Å². The van der Waals surface area contributed by atoms with E-state index < -0.39 is 29.6 Å². The summed E-state index contributed by atoms with van der Waals surface area (Å²) in [4.78, 5) is 23.5. The molecule has 160 valence electrons. The van der Waals surface area contributed by atoms with Crippen molar-refractivity contribution in [2.45, 2.75) is 64.7 Å². The van der Waals surface area contributed by atoms with Gasteiger partial charge in [-0.05, 0) is 48.9 Å². The zero-order valence-electron chi connectivity index (χ0n) is 17.9. The van der Waals surface area contributed by atoms with E-state index in [4.69, 9.17) is 0 Å². The zero-order chi connectivity index (χ0) is 22.1. The Balaban J connectivity index is 2.11. The van der Waals surface area contributed by atoms with E-state index in [1.165, 1.54) is 0 Å². The van der Waals surface area contributed by atoms with Gasteiger partial charge in [0.25, 0.3) is 0 Å². The van der Waals surface area contributed by atoms with Gasteiger partial charge in [0, 0.05) is 9.85 Å². The minimum Gasteiger partial charge on any atom is -0.291 e. The maximum Gasteiger partial charge on any atom is 0.243 e. The molecular formula is C23H29N3O4. The standard InChI is InChI=1S/C23H29N3O4/c1-5-15-7-11-17(12-8-15)19-21(25(27)28)23(3,4)22(26(29)30)20(24-19)18-13-9-16(6-2)10-14-18/h7-14,19-22,24H,5-6H2,1-4H3/t19-,20-,21-,22+/m0/s1. The fourth-order valence-electron chi connectivity index (χ4n) is 4.67. The van der Waals surface area contributed by atoms with Crippen LogP contribution in [0.4, 0.5) is 0 Å². The largest absolute Gasteiger partial charge is 0.291 e. The average Bonchev–Trinajstić information content (AvgIpc) is 2.71. The molecule has 1 aliphatic rings. The molecule has 2 aromatic carbocycles. The van der Waals surface area contributed by atoms with E-state index in [1.807, 2.05) is 48.5 Å². The Morgan fingerprint density at radius 2 is 1.10 bits per heavy atom. The van der Waals surface area contributed by atoms with Crippen molar-refractivity contribution in [3.63, 3.8) is 0 Å². The molecule has 4 atom stereocenters. The minimum atomic E-state index is -1.17. The molecule has 0 radical (unpaired) electrons. The average molecular weight is 412 g/mol. The second-order valence-electron chi connectivity index (χ2n) is 8.59. The summed E-state index contributed by atoms with van der Waals surface area (Å²) in [6.07, 6.45) is 1.75. The summed E-state index contributed by atoms with van der Waals surface area (Å²) in [5, 5.41) is 27.5. The molecule has 0 aliphatic carbocycles. The van der Waals surface area contributed by atoms with Crippen LogP contribution in [0.1, 0.15) is 62.0 Å². The lowest BCUT2D eigenvalue weighted by Crippen LogP contribution is -2.63. The van der Waals surface area contributed by atoms with E-state index in [0.29, 0.717) is 0 Å². The predicted octanol–water partition coefficient (Wildman–Crippen LogP) is 4.51. The topological polar surface area (TPSA) is 98.3 Å². The first-order chi connectivity index (χ1) is 14.2. The second kappa shape index (κ2) is 8.52. The molecule has 1 fully saturated rings. The van der Waals surface area contributed by atoms with Gasteiger partial charge in [-0.1, -0.05) is 62.4 Å². The van der Waals surface area contributed by atoms with Gasteiger partial charge in [-0.2, -0.15) is 0 Å².